The Balaban J connectivity index is 1.92. The monoisotopic (exact) mass is 423 g/mol. The number of imide groups is 1. The second-order valence-electron chi connectivity index (χ2n) is 4.68. The number of thiophene rings is 1. The Kier molecular flexibility index (Phi) is 4.77. The van der Waals surface area contributed by atoms with E-state index in [1.54, 1.807) is 16.8 Å². The molecule has 0 saturated heterocycles. The lowest BCUT2D eigenvalue weighted by Gasteiger charge is -2.12. The molecule has 2 amide bonds. The summed E-state index contributed by atoms with van der Waals surface area (Å²) in [4.78, 5) is 41.5. The van der Waals surface area contributed by atoms with Crippen LogP contribution in [0.2, 0.25) is 20.1 Å². The van der Waals surface area contributed by atoms with Crippen LogP contribution in [0.1, 0.15) is 26.3 Å². The van der Waals surface area contributed by atoms with E-state index in [0.717, 1.165) is 0 Å². The van der Waals surface area contributed by atoms with E-state index in [1.807, 2.05) is 0 Å². The molecule has 0 N–H and O–H groups in total. The number of carbonyl (C=O) groups excluding carboxylic acids is 3. The summed E-state index contributed by atoms with van der Waals surface area (Å²) in [6.07, 6.45) is -0.0973. The molecule has 0 fully saturated rings. The lowest BCUT2D eigenvalue weighted by atomic mass is 10.1. The number of rotatable bonds is 3. The predicted molar refractivity (Wildman–Crippen MR) is 91.1 cm³/mol. The SMILES string of the molecule is O=C(Cc1ccsc1)ON1C(=O)c2c(Cl)c(Cl)c(Cl)c(Cl)c2C1=O. The van der Waals surface area contributed by atoms with Gasteiger partial charge in [-0.25, -0.2) is 4.79 Å². The van der Waals surface area contributed by atoms with E-state index in [2.05, 4.69) is 0 Å². The lowest BCUT2D eigenvalue weighted by Crippen LogP contribution is -2.33. The van der Waals surface area contributed by atoms with Gasteiger partial charge in [0, 0.05) is 0 Å². The number of benzene rings is 1. The molecule has 1 aromatic carbocycles. The van der Waals surface area contributed by atoms with Crippen LogP contribution < -0.4 is 0 Å². The van der Waals surface area contributed by atoms with E-state index >= 15 is 0 Å². The van der Waals surface area contributed by atoms with Crippen LogP contribution in [-0.4, -0.2) is 22.8 Å². The fourth-order valence-electron chi connectivity index (χ4n) is 2.11. The van der Waals surface area contributed by atoms with Crippen LogP contribution in [0, 0.1) is 0 Å². The van der Waals surface area contributed by atoms with E-state index in [-0.39, 0.29) is 37.6 Å². The third-order valence-corrected chi connectivity index (χ3v) is 5.72. The molecule has 5 nitrogen and oxygen atoms in total. The molecule has 0 unspecified atom stereocenters. The molecule has 0 aliphatic carbocycles. The summed E-state index contributed by atoms with van der Waals surface area (Å²) in [6.45, 7) is 0. The first-order valence-electron chi connectivity index (χ1n) is 6.29. The average molecular weight is 425 g/mol. The summed E-state index contributed by atoms with van der Waals surface area (Å²) in [5.41, 5.74) is 0.206. The van der Waals surface area contributed by atoms with Crippen LogP contribution in [0.5, 0.6) is 0 Å². The molecule has 1 aliphatic rings. The number of hydrogen-bond acceptors (Lipinski definition) is 5. The van der Waals surface area contributed by atoms with Crippen molar-refractivity contribution in [1.29, 1.82) is 0 Å². The van der Waals surface area contributed by atoms with E-state index in [4.69, 9.17) is 51.2 Å². The lowest BCUT2D eigenvalue weighted by molar-refractivity contribution is -0.167. The number of hydrogen-bond donors (Lipinski definition) is 0. The third-order valence-electron chi connectivity index (χ3n) is 3.19. The van der Waals surface area contributed by atoms with Gasteiger partial charge >= 0.3 is 5.97 Å². The molecule has 3 rings (SSSR count). The summed E-state index contributed by atoms with van der Waals surface area (Å²) in [6, 6.07) is 1.72. The number of hydroxylamine groups is 2. The Morgan fingerprint density at radius 2 is 1.54 bits per heavy atom. The van der Waals surface area contributed by atoms with Gasteiger partial charge in [0.25, 0.3) is 11.8 Å². The van der Waals surface area contributed by atoms with Gasteiger partial charge in [-0.2, -0.15) is 11.3 Å². The number of fused-ring (bicyclic) bond motifs is 1. The first-order valence-corrected chi connectivity index (χ1v) is 8.75. The number of nitrogens with zero attached hydrogens (tertiary/aromatic N) is 1. The molecule has 2 heterocycles. The highest BCUT2D eigenvalue weighted by molar-refractivity contribution is 7.08. The average Bonchev–Trinajstić information content (AvgIpc) is 3.12. The van der Waals surface area contributed by atoms with Gasteiger partial charge in [0.15, 0.2) is 0 Å². The Morgan fingerprint density at radius 1 is 1.00 bits per heavy atom. The van der Waals surface area contributed by atoms with Gasteiger partial charge in [0.1, 0.15) is 0 Å². The van der Waals surface area contributed by atoms with E-state index in [1.165, 1.54) is 11.3 Å². The first kappa shape index (κ1) is 17.5. The molecule has 0 atom stereocenters. The van der Waals surface area contributed by atoms with Crippen molar-refractivity contribution in [3.63, 3.8) is 0 Å². The fraction of sp³-hybridized carbons (Fsp3) is 0.0714. The predicted octanol–water partition coefficient (Wildman–Crippen LogP) is 4.66. The molecular formula is C14H5Cl4NO4S. The normalized spacial score (nSPS) is 13.4. The molecule has 124 valence electrons. The number of halogens is 4. The molecule has 1 aliphatic heterocycles. The van der Waals surface area contributed by atoms with E-state index in [0.29, 0.717) is 10.6 Å². The number of carbonyl (C=O) groups is 3. The highest BCUT2D eigenvalue weighted by Gasteiger charge is 2.44. The molecule has 0 radical (unpaired) electrons. The standard InChI is InChI=1S/C14H5Cl4NO4S/c15-9-7-8(10(16)12(18)11(9)17)14(22)19(13(7)21)23-6(20)3-5-1-2-24-4-5/h1-2,4H,3H2. The zero-order chi connectivity index (χ0) is 17.6. The minimum Gasteiger partial charge on any atom is -0.329 e. The molecular weight excluding hydrogens is 420 g/mol. The van der Waals surface area contributed by atoms with Gasteiger partial charge in [-0.1, -0.05) is 51.5 Å². The van der Waals surface area contributed by atoms with Crippen molar-refractivity contribution in [2.24, 2.45) is 0 Å². The molecule has 0 bridgehead atoms. The maximum atomic E-state index is 12.4. The van der Waals surface area contributed by atoms with E-state index < -0.39 is 17.8 Å². The zero-order valence-electron chi connectivity index (χ0n) is 11.4. The zero-order valence-corrected chi connectivity index (χ0v) is 15.3. The van der Waals surface area contributed by atoms with Gasteiger partial charge in [0.2, 0.25) is 0 Å². The summed E-state index contributed by atoms with van der Waals surface area (Å²) in [5.74, 6) is -2.65. The smallest absolute Gasteiger partial charge is 0.329 e. The summed E-state index contributed by atoms with van der Waals surface area (Å²) in [7, 11) is 0. The molecule has 0 saturated carbocycles. The summed E-state index contributed by atoms with van der Waals surface area (Å²) >= 11 is 25.1. The minimum atomic E-state index is -0.931. The summed E-state index contributed by atoms with van der Waals surface area (Å²) in [5, 5.41) is 3.07. The van der Waals surface area contributed by atoms with Crippen LogP contribution in [0.3, 0.4) is 0 Å². The van der Waals surface area contributed by atoms with E-state index in [9.17, 15) is 14.4 Å². The second-order valence-corrected chi connectivity index (χ2v) is 6.97. The Hall–Kier alpha value is -1.31. The molecule has 2 aromatic rings. The highest BCUT2D eigenvalue weighted by atomic mass is 35.5. The summed E-state index contributed by atoms with van der Waals surface area (Å²) < 4.78 is 0. The Morgan fingerprint density at radius 3 is 2.00 bits per heavy atom. The Bertz CT molecular complexity index is 835. The van der Waals surface area contributed by atoms with Crippen molar-refractivity contribution in [2.75, 3.05) is 0 Å². The van der Waals surface area contributed by atoms with Crippen LogP contribution >= 0.6 is 57.7 Å². The second kappa shape index (κ2) is 6.54. The van der Waals surface area contributed by atoms with Crippen LogP contribution in [0.4, 0.5) is 0 Å². The van der Waals surface area contributed by atoms with Crippen molar-refractivity contribution in [2.45, 2.75) is 6.42 Å². The van der Waals surface area contributed by atoms with Crippen molar-refractivity contribution in [3.8, 4) is 0 Å². The third kappa shape index (κ3) is 2.78. The molecule has 10 heteroatoms. The van der Waals surface area contributed by atoms with Gasteiger partial charge in [-0.3, -0.25) is 9.59 Å². The van der Waals surface area contributed by atoms with Gasteiger partial charge in [-0.05, 0) is 22.4 Å². The first-order chi connectivity index (χ1) is 11.3. The maximum Gasteiger partial charge on any atom is 0.337 e. The Labute approximate surface area is 159 Å². The quantitative estimate of drug-likeness (QED) is 0.408. The van der Waals surface area contributed by atoms with Gasteiger partial charge in [0.05, 0.1) is 37.6 Å². The van der Waals surface area contributed by atoms with Crippen LogP contribution in [-0.2, 0) is 16.1 Å². The maximum absolute atomic E-state index is 12.4. The van der Waals surface area contributed by atoms with Crippen molar-refractivity contribution in [3.05, 3.63) is 53.6 Å². The number of amides is 2. The van der Waals surface area contributed by atoms with Crippen molar-refractivity contribution < 1.29 is 19.2 Å². The largest absolute Gasteiger partial charge is 0.337 e. The van der Waals surface area contributed by atoms with Gasteiger partial charge in [-0.15, -0.1) is 0 Å². The topological polar surface area (TPSA) is 63.7 Å². The molecule has 1 aromatic heterocycles. The highest BCUT2D eigenvalue weighted by Crippen LogP contribution is 2.44. The van der Waals surface area contributed by atoms with Gasteiger partial charge < -0.3 is 4.84 Å². The van der Waals surface area contributed by atoms with Crippen LogP contribution in [0.15, 0.2) is 16.8 Å². The minimum absolute atomic E-state index is 0.0973. The van der Waals surface area contributed by atoms with Crippen molar-refractivity contribution >= 4 is 75.5 Å². The fourth-order valence-corrected chi connectivity index (χ4v) is 3.79. The van der Waals surface area contributed by atoms with Crippen molar-refractivity contribution in [1.82, 2.24) is 5.06 Å². The van der Waals surface area contributed by atoms with Crippen LogP contribution in [0.25, 0.3) is 0 Å². The molecule has 0 spiro atoms. The molecule has 24 heavy (non-hydrogen) atoms.